The van der Waals surface area contributed by atoms with Gasteiger partial charge in [-0.05, 0) is 153 Å². The summed E-state index contributed by atoms with van der Waals surface area (Å²) in [6.07, 6.45) is 24.8. The molecule has 1 saturated heterocycles. The van der Waals surface area contributed by atoms with Gasteiger partial charge in [-0.1, -0.05) is 103 Å². The molecule has 1 heterocycles. The number of carboxylic acid groups (broad SMARTS) is 1. The number of benzene rings is 1. The lowest BCUT2D eigenvalue weighted by Gasteiger charge is -2.82. The van der Waals surface area contributed by atoms with Crippen LogP contribution in [0, 0.1) is 73.4 Å². The molecule has 14 atom stereocenters. The van der Waals surface area contributed by atoms with Crippen molar-refractivity contribution in [2.75, 3.05) is 20.3 Å². The fourth-order valence-corrected chi connectivity index (χ4v) is 18.7. The molecule has 1 spiro atoms. The summed E-state index contributed by atoms with van der Waals surface area (Å²) in [7, 11) is 1.76. The lowest BCUT2D eigenvalue weighted by atomic mass is 9.22. The van der Waals surface area contributed by atoms with Gasteiger partial charge < -0.3 is 24.8 Å². The van der Waals surface area contributed by atoms with Crippen LogP contribution in [0.5, 0.6) is 0 Å². The largest absolute Gasteiger partial charge is 0.481 e. The van der Waals surface area contributed by atoms with Gasteiger partial charge in [-0.15, -0.1) is 0 Å². The standard InChI is InChI=1S/C52H80O6/c1-35-50-24-21-41-47(4)28-27-45(2)25-26-46(3,44(54)55)33-42(45)49(47,23-11-7-8-12-36-13-9-10-14-36)31-39-19-20-40(51(50,34-53)48(39,41)5)32-52(35,56)58-43(50)30-38-17-15-37(16-18-38)22-29-57-6/h15-18,35-36,39-43,53,56H,7-14,19-34H2,1-6H3,(H,54,55)/t35-,39?,40-,41-,42+,43-,45-,46+,47-,48+,49-,50+,51-,52-/m0/s1. The van der Waals surface area contributed by atoms with Gasteiger partial charge >= 0.3 is 5.97 Å². The summed E-state index contributed by atoms with van der Waals surface area (Å²) >= 11 is 0. The first-order valence-electron chi connectivity index (χ1n) is 24.4. The van der Waals surface area contributed by atoms with Gasteiger partial charge in [0.1, 0.15) is 0 Å². The topological polar surface area (TPSA) is 96.2 Å². The normalized spacial score (nSPS) is 49.2. The zero-order valence-electron chi connectivity index (χ0n) is 37.4. The van der Waals surface area contributed by atoms with Crippen molar-refractivity contribution in [1.29, 1.82) is 0 Å². The minimum atomic E-state index is -1.17. The summed E-state index contributed by atoms with van der Waals surface area (Å²) in [5.41, 5.74) is 1.39. The van der Waals surface area contributed by atoms with Crippen molar-refractivity contribution in [2.24, 2.45) is 73.4 Å². The third-order valence-electron chi connectivity index (χ3n) is 21.8. The molecule has 324 valence electrons. The minimum Gasteiger partial charge on any atom is -0.481 e. The van der Waals surface area contributed by atoms with Gasteiger partial charge in [-0.2, -0.15) is 0 Å². The average molecular weight is 801 g/mol. The van der Waals surface area contributed by atoms with Crippen LogP contribution >= 0.6 is 0 Å². The number of carbonyl (C=O) groups is 1. The molecule has 58 heavy (non-hydrogen) atoms. The second kappa shape index (κ2) is 14.5. The number of aliphatic hydroxyl groups is 2. The van der Waals surface area contributed by atoms with Crippen molar-refractivity contribution in [3.05, 3.63) is 35.4 Å². The molecule has 7 saturated carbocycles. The molecule has 1 aromatic rings. The monoisotopic (exact) mass is 801 g/mol. The Labute approximate surface area is 351 Å². The summed E-state index contributed by atoms with van der Waals surface area (Å²) < 4.78 is 12.5. The van der Waals surface area contributed by atoms with E-state index in [1.165, 1.54) is 88.2 Å². The molecule has 7 aliphatic carbocycles. The van der Waals surface area contributed by atoms with Crippen molar-refractivity contribution in [3.8, 4) is 0 Å². The van der Waals surface area contributed by atoms with Crippen LogP contribution in [0.2, 0.25) is 0 Å². The Kier molecular flexibility index (Phi) is 10.5. The number of rotatable bonds is 13. The van der Waals surface area contributed by atoms with Gasteiger partial charge in [0, 0.05) is 30.3 Å². The highest BCUT2D eigenvalue weighted by molar-refractivity contribution is 5.74. The van der Waals surface area contributed by atoms with Gasteiger partial charge in [0.25, 0.3) is 0 Å². The first-order chi connectivity index (χ1) is 27.6. The molecular weight excluding hydrogens is 721 g/mol. The number of aliphatic carboxylic acids is 1. The Morgan fingerprint density at radius 1 is 0.828 bits per heavy atom. The number of methoxy groups -OCH3 is 1. The van der Waals surface area contributed by atoms with Crippen LogP contribution in [-0.4, -0.2) is 53.5 Å². The number of ether oxygens (including phenoxy) is 2. The summed E-state index contributed by atoms with van der Waals surface area (Å²) in [5, 5.41) is 35.9. The predicted octanol–water partition coefficient (Wildman–Crippen LogP) is 11.2. The van der Waals surface area contributed by atoms with Gasteiger partial charge in [-0.3, -0.25) is 4.79 Å². The van der Waals surface area contributed by atoms with E-state index in [0.717, 1.165) is 63.7 Å². The van der Waals surface area contributed by atoms with Gasteiger partial charge in [0.15, 0.2) is 5.79 Å². The highest BCUT2D eigenvalue weighted by Gasteiger charge is 2.85. The van der Waals surface area contributed by atoms with E-state index in [4.69, 9.17) is 9.47 Å². The van der Waals surface area contributed by atoms with E-state index < -0.39 is 17.2 Å². The molecule has 1 unspecified atom stereocenters. The fourth-order valence-electron chi connectivity index (χ4n) is 18.7. The quantitative estimate of drug-likeness (QED) is 0.172. The van der Waals surface area contributed by atoms with Crippen LogP contribution in [0.25, 0.3) is 0 Å². The second-order valence-corrected chi connectivity index (χ2v) is 23.5. The molecule has 0 amide bonds. The first-order valence-corrected chi connectivity index (χ1v) is 24.4. The number of hydrogen-bond acceptors (Lipinski definition) is 5. The molecule has 6 nitrogen and oxygen atoms in total. The van der Waals surface area contributed by atoms with Crippen molar-refractivity contribution in [2.45, 2.75) is 188 Å². The van der Waals surface area contributed by atoms with Crippen molar-refractivity contribution in [3.63, 3.8) is 0 Å². The zero-order chi connectivity index (χ0) is 41.0. The summed E-state index contributed by atoms with van der Waals surface area (Å²) in [6, 6.07) is 9.00. The van der Waals surface area contributed by atoms with Crippen molar-refractivity contribution < 1.29 is 29.6 Å². The lowest BCUT2D eigenvalue weighted by Crippen LogP contribution is -2.79. The molecule has 0 radical (unpaired) electrons. The summed E-state index contributed by atoms with van der Waals surface area (Å²) in [6.45, 7) is 13.2. The van der Waals surface area contributed by atoms with Gasteiger partial charge in [0.2, 0.25) is 0 Å². The number of unbranched alkanes of at least 4 members (excludes halogenated alkanes) is 2. The Hall–Kier alpha value is -1.47. The van der Waals surface area contributed by atoms with Crippen LogP contribution in [0.4, 0.5) is 0 Å². The molecule has 3 N–H and O–H groups in total. The van der Waals surface area contributed by atoms with E-state index in [-0.39, 0.29) is 57.0 Å². The second-order valence-electron chi connectivity index (χ2n) is 23.5. The lowest BCUT2D eigenvalue weighted by molar-refractivity contribution is -0.358. The van der Waals surface area contributed by atoms with E-state index in [0.29, 0.717) is 30.8 Å². The highest BCUT2D eigenvalue weighted by Crippen LogP contribution is 2.87. The number of fused-ring (bicyclic) bond motifs is 5. The Balaban J connectivity index is 1.11. The van der Waals surface area contributed by atoms with Crippen LogP contribution in [0.15, 0.2) is 24.3 Å². The summed E-state index contributed by atoms with van der Waals surface area (Å²) in [4.78, 5) is 13.2. The SMILES string of the molecule is COCCc1ccc(C[C@@H]2O[C@@]3(O)C[C@@H]4CCC5C[C@@]6(CCCCCC7CCCC7)[C@@H]7C[C@](C)(C(=O)O)CC[C@@]7(C)CC[C@@]6(C)[C@@H]6CC[C@]2([C@@H]3C)[C@]4(CO)[C@]56C)cc1. The maximum Gasteiger partial charge on any atom is 0.309 e. The Bertz CT molecular complexity index is 1690. The van der Waals surface area contributed by atoms with Gasteiger partial charge in [-0.25, -0.2) is 0 Å². The molecule has 8 fully saturated rings. The molecule has 1 aromatic carbocycles. The molecule has 6 heteroatoms. The minimum absolute atomic E-state index is 0.0558. The highest BCUT2D eigenvalue weighted by atomic mass is 16.6. The van der Waals surface area contributed by atoms with Crippen LogP contribution in [0.1, 0.15) is 174 Å². The smallest absolute Gasteiger partial charge is 0.309 e. The molecule has 0 aromatic heterocycles. The van der Waals surface area contributed by atoms with E-state index >= 15 is 0 Å². The molecule has 1 aliphatic heterocycles. The predicted molar refractivity (Wildman–Crippen MR) is 229 cm³/mol. The van der Waals surface area contributed by atoms with Crippen molar-refractivity contribution >= 4 is 5.97 Å². The Morgan fingerprint density at radius 3 is 2.24 bits per heavy atom. The summed E-state index contributed by atoms with van der Waals surface area (Å²) in [5.74, 6) is 0.642. The van der Waals surface area contributed by atoms with E-state index in [1.54, 1.807) is 7.11 Å². The first kappa shape index (κ1) is 41.9. The molecule has 2 bridgehead atoms. The number of carboxylic acids is 1. The van der Waals surface area contributed by atoms with Crippen LogP contribution < -0.4 is 0 Å². The van der Waals surface area contributed by atoms with Crippen molar-refractivity contribution in [1.82, 2.24) is 0 Å². The molecule has 8 aliphatic rings. The Morgan fingerprint density at radius 2 is 1.53 bits per heavy atom. The van der Waals surface area contributed by atoms with E-state index in [1.807, 2.05) is 0 Å². The maximum atomic E-state index is 13.2. The van der Waals surface area contributed by atoms with E-state index in [9.17, 15) is 20.1 Å². The zero-order valence-corrected chi connectivity index (χ0v) is 37.4. The average Bonchev–Trinajstić information content (AvgIpc) is 3.76. The fraction of sp³-hybridized carbons (Fsp3) is 0.865. The molecule has 9 rings (SSSR count). The number of hydrogen-bond donors (Lipinski definition) is 3. The van der Waals surface area contributed by atoms with Crippen LogP contribution in [-0.2, 0) is 27.1 Å². The third kappa shape index (κ3) is 5.57. The van der Waals surface area contributed by atoms with Gasteiger partial charge in [0.05, 0.1) is 24.7 Å². The maximum absolute atomic E-state index is 13.2. The molecular formula is C52H80O6. The van der Waals surface area contributed by atoms with Crippen LogP contribution in [0.3, 0.4) is 0 Å². The van der Waals surface area contributed by atoms with E-state index in [2.05, 4.69) is 58.9 Å². The third-order valence-corrected chi connectivity index (χ3v) is 21.8. The number of aliphatic hydroxyl groups excluding tert-OH is 1.